The third-order valence-corrected chi connectivity index (χ3v) is 6.34. The molecule has 1 aliphatic carbocycles. The largest absolute Gasteiger partial charge is 0.368 e. The normalized spacial score (nSPS) is 17.7. The second-order valence-electron chi connectivity index (χ2n) is 8.01. The van der Waals surface area contributed by atoms with Gasteiger partial charge in [0.15, 0.2) is 0 Å². The molecule has 29 heavy (non-hydrogen) atoms. The first-order valence-electron chi connectivity index (χ1n) is 10.6. The van der Waals surface area contributed by atoms with Gasteiger partial charge in [-0.2, -0.15) is 10.2 Å². The molecule has 0 unspecified atom stereocenters. The fourth-order valence-corrected chi connectivity index (χ4v) is 4.40. The fraction of sp³-hybridized carbons (Fsp3) is 0.524. The summed E-state index contributed by atoms with van der Waals surface area (Å²) in [5, 5.41) is 12.8. The van der Waals surface area contributed by atoms with Gasteiger partial charge in [-0.05, 0) is 38.0 Å². The number of nitrogens with zero attached hydrogens (tertiary/aromatic N) is 6. The monoisotopic (exact) mass is 393 g/mol. The molecular weight excluding hydrogens is 366 g/mol. The van der Waals surface area contributed by atoms with E-state index in [9.17, 15) is 4.79 Å². The number of hydrogen-bond acceptors (Lipinski definition) is 5. The average molecular weight is 393 g/mol. The minimum atomic E-state index is 0.105. The fourth-order valence-electron chi connectivity index (χ4n) is 4.40. The van der Waals surface area contributed by atoms with Crippen LogP contribution in [-0.4, -0.2) is 61.9 Å². The lowest BCUT2D eigenvalue weighted by Crippen LogP contribution is -2.49. The van der Waals surface area contributed by atoms with E-state index in [-0.39, 0.29) is 12.3 Å². The number of aryl methyl sites for hydroxylation is 1. The molecule has 0 radical (unpaired) electrons. The van der Waals surface area contributed by atoms with Gasteiger partial charge in [0.1, 0.15) is 12.2 Å². The summed E-state index contributed by atoms with van der Waals surface area (Å²) in [7, 11) is 0. The number of aromatic nitrogens is 5. The van der Waals surface area contributed by atoms with E-state index in [4.69, 9.17) is 5.10 Å². The van der Waals surface area contributed by atoms with Crippen LogP contribution in [0.5, 0.6) is 0 Å². The molecule has 2 aromatic heterocycles. The van der Waals surface area contributed by atoms with E-state index in [0.717, 1.165) is 32.7 Å². The van der Waals surface area contributed by atoms with Crippen molar-refractivity contribution in [3.8, 4) is 0 Å². The molecule has 1 saturated heterocycles. The van der Waals surface area contributed by atoms with Gasteiger partial charge in [0, 0.05) is 49.7 Å². The molecule has 8 nitrogen and oxygen atoms in total. The Balaban J connectivity index is 1.31. The second-order valence-corrected chi connectivity index (χ2v) is 8.01. The van der Waals surface area contributed by atoms with Crippen molar-refractivity contribution in [1.82, 2.24) is 29.9 Å². The molecule has 1 N–H and O–H groups in total. The molecule has 2 aliphatic rings. The summed E-state index contributed by atoms with van der Waals surface area (Å²) in [5.41, 5.74) is 3.74. The Labute approximate surface area is 169 Å². The summed E-state index contributed by atoms with van der Waals surface area (Å²) in [4.78, 5) is 20.8. The predicted molar refractivity (Wildman–Crippen MR) is 111 cm³/mol. The SMILES string of the molecule is CCn1nc(C2CCC2)c2cc(N3CCN(C(=O)Cc4ncn[nH]4)CC3)ccc21. The number of carbonyl (C=O) groups is 1. The average Bonchev–Trinajstić information content (AvgIpc) is 3.34. The standard InChI is InChI=1S/C21H27N7O/c1-2-28-18-7-6-16(12-17(18)21(25-28)15-4-3-5-15)26-8-10-27(11-9-26)20(29)13-19-22-14-23-24-19/h6-7,12,14-15H,2-5,8-11,13H2,1H3,(H,22,23,24). The molecule has 0 atom stereocenters. The van der Waals surface area contributed by atoms with Crippen LogP contribution in [0.15, 0.2) is 24.5 Å². The van der Waals surface area contributed by atoms with E-state index >= 15 is 0 Å². The highest BCUT2D eigenvalue weighted by molar-refractivity contribution is 5.86. The number of anilines is 1. The van der Waals surface area contributed by atoms with Crippen LogP contribution in [0, 0.1) is 0 Å². The van der Waals surface area contributed by atoms with Crippen molar-refractivity contribution in [2.24, 2.45) is 0 Å². The van der Waals surface area contributed by atoms with Crippen molar-refractivity contribution in [2.75, 3.05) is 31.1 Å². The minimum absolute atomic E-state index is 0.105. The maximum absolute atomic E-state index is 12.5. The van der Waals surface area contributed by atoms with Crippen LogP contribution in [0.4, 0.5) is 5.69 Å². The van der Waals surface area contributed by atoms with Crippen molar-refractivity contribution in [3.05, 3.63) is 36.0 Å². The third-order valence-electron chi connectivity index (χ3n) is 6.34. The van der Waals surface area contributed by atoms with E-state index in [1.54, 1.807) is 0 Å². The number of piperazine rings is 1. The van der Waals surface area contributed by atoms with Crippen molar-refractivity contribution >= 4 is 22.5 Å². The lowest BCUT2D eigenvalue weighted by Gasteiger charge is -2.36. The number of hydrogen-bond donors (Lipinski definition) is 1. The number of aromatic amines is 1. The van der Waals surface area contributed by atoms with Crippen molar-refractivity contribution in [3.63, 3.8) is 0 Å². The van der Waals surface area contributed by atoms with Crippen LogP contribution in [0.2, 0.25) is 0 Å². The quantitative estimate of drug-likeness (QED) is 0.719. The Morgan fingerprint density at radius 3 is 2.69 bits per heavy atom. The predicted octanol–water partition coefficient (Wildman–Crippen LogP) is 2.33. The molecule has 8 heteroatoms. The maximum atomic E-state index is 12.5. The van der Waals surface area contributed by atoms with Crippen LogP contribution in [0.3, 0.4) is 0 Å². The lowest BCUT2D eigenvalue weighted by molar-refractivity contribution is -0.130. The molecule has 1 amide bonds. The first-order valence-corrected chi connectivity index (χ1v) is 10.6. The molecule has 3 heterocycles. The molecule has 2 fully saturated rings. The Morgan fingerprint density at radius 1 is 1.21 bits per heavy atom. The Kier molecular flexibility index (Phi) is 4.69. The van der Waals surface area contributed by atoms with Gasteiger partial charge in [-0.15, -0.1) is 0 Å². The summed E-state index contributed by atoms with van der Waals surface area (Å²) in [6.45, 7) is 6.19. The van der Waals surface area contributed by atoms with Gasteiger partial charge >= 0.3 is 0 Å². The molecule has 152 valence electrons. The van der Waals surface area contributed by atoms with E-state index in [1.807, 2.05) is 4.90 Å². The minimum Gasteiger partial charge on any atom is -0.368 e. The van der Waals surface area contributed by atoms with E-state index < -0.39 is 0 Å². The molecule has 1 aliphatic heterocycles. The van der Waals surface area contributed by atoms with Crippen LogP contribution in [0.1, 0.15) is 43.6 Å². The van der Waals surface area contributed by atoms with Crippen LogP contribution in [-0.2, 0) is 17.8 Å². The number of carbonyl (C=O) groups excluding carboxylic acids is 1. The topological polar surface area (TPSA) is 82.9 Å². The number of rotatable bonds is 5. The zero-order chi connectivity index (χ0) is 19.8. The summed E-state index contributed by atoms with van der Waals surface area (Å²) >= 11 is 0. The van der Waals surface area contributed by atoms with Gasteiger partial charge in [0.25, 0.3) is 0 Å². The molecule has 3 aromatic rings. The number of fused-ring (bicyclic) bond motifs is 1. The summed E-state index contributed by atoms with van der Waals surface area (Å²) in [6.07, 6.45) is 5.55. The van der Waals surface area contributed by atoms with Crippen molar-refractivity contribution in [2.45, 2.75) is 45.1 Å². The highest BCUT2D eigenvalue weighted by Gasteiger charge is 2.26. The smallest absolute Gasteiger partial charge is 0.230 e. The van der Waals surface area contributed by atoms with Gasteiger partial charge in [0.2, 0.25) is 5.91 Å². The van der Waals surface area contributed by atoms with Gasteiger partial charge < -0.3 is 9.80 Å². The van der Waals surface area contributed by atoms with Crippen LogP contribution < -0.4 is 4.90 Å². The third kappa shape index (κ3) is 3.36. The first-order chi connectivity index (χ1) is 14.2. The Morgan fingerprint density at radius 2 is 2.03 bits per heavy atom. The molecule has 1 saturated carbocycles. The number of benzene rings is 1. The number of amides is 1. The number of nitrogens with one attached hydrogen (secondary N) is 1. The first kappa shape index (κ1) is 18.1. The Bertz CT molecular complexity index is 998. The highest BCUT2D eigenvalue weighted by atomic mass is 16.2. The van der Waals surface area contributed by atoms with E-state index in [1.165, 1.54) is 47.9 Å². The molecule has 5 rings (SSSR count). The van der Waals surface area contributed by atoms with Crippen LogP contribution in [0.25, 0.3) is 10.9 Å². The zero-order valence-corrected chi connectivity index (χ0v) is 16.8. The zero-order valence-electron chi connectivity index (χ0n) is 16.8. The second kappa shape index (κ2) is 7.50. The van der Waals surface area contributed by atoms with Gasteiger partial charge in [-0.1, -0.05) is 6.42 Å². The van der Waals surface area contributed by atoms with Crippen LogP contribution >= 0.6 is 0 Å². The van der Waals surface area contributed by atoms with Crippen molar-refractivity contribution < 1.29 is 4.79 Å². The molecule has 0 spiro atoms. The van der Waals surface area contributed by atoms with E-state index in [2.05, 4.69) is 49.9 Å². The van der Waals surface area contributed by atoms with Gasteiger partial charge in [-0.3, -0.25) is 14.6 Å². The molecule has 0 bridgehead atoms. The molecule has 1 aromatic carbocycles. The lowest BCUT2D eigenvalue weighted by atomic mass is 9.82. The maximum Gasteiger partial charge on any atom is 0.230 e. The summed E-state index contributed by atoms with van der Waals surface area (Å²) in [6, 6.07) is 6.73. The highest BCUT2D eigenvalue weighted by Crippen LogP contribution is 2.40. The van der Waals surface area contributed by atoms with Gasteiger partial charge in [0.05, 0.1) is 17.6 Å². The molecular formula is C21H27N7O. The summed E-state index contributed by atoms with van der Waals surface area (Å²) in [5.74, 6) is 1.35. The Hall–Kier alpha value is -2.90. The van der Waals surface area contributed by atoms with E-state index in [0.29, 0.717) is 11.7 Å². The number of H-pyrrole nitrogens is 1. The van der Waals surface area contributed by atoms with Gasteiger partial charge in [-0.25, -0.2) is 4.98 Å². The van der Waals surface area contributed by atoms with Crippen molar-refractivity contribution in [1.29, 1.82) is 0 Å². The summed E-state index contributed by atoms with van der Waals surface area (Å²) < 4.78 is 2.13.